The number of sulfonamides is 1. The third-order valence-corrected chi connectivity index (χ3v) is 12.4. The Kier molecular flexibility index (Phi) is 9.72. The number of allylic oxidation sites excluding steroid dienone is 1. The summed E-state index contributed by atoms with van der Waals surface area (Å²) in [6.45, 7) is 3.36. The van der Waals surface area contributed by atoms with E-state index < -0.39 is 74.4 Å². The summed E-state index contributed by atoms with van der Waals surface area (Å²) in [7, 11) is -2.21. The number of para-hydroxylation sites is 1. The van der Waals surface area contributed by atoms with Crippen LogP contribution in [0.4, 0.5) is 4.39 Å². The van der Waals surface area contributed by atoms with Crippen molar-refractivity contribution in [3.63, 3.8) is 0 Å². The molecule has 4 amide bonds. The number of carbonyl (C=O) groups is 4. The van der Waals surface area contributed by atoms with Crippen molar-refractivity contribution in [2.45, 2.75) is 101 Å². The summed E-state index contributed by atoms with van der Waals surface area (Å²) in [4.78, 5) is 66.0. The molecule has 17 heteroatoms. The lowest BCUT2D eigenvalue weighted by Gasteiger charge is -2.29. The van der Waals surface area contributed by atoms with Crippen LogP contribution in [0.3, 0.4) is 0 Å². The number of hydrogen-bond acceptors (Lipinski definition) is 10. The Morgan fingerprint density at radius 3 is 2.62 bits per heavy atom. The fourth-order valence-electron chi connectivity index (χ4n) is 7.14. The van der Waals surface area contributed by atoms with Crippen LogP contribution < -0.4 is 20.1 Å². The molecule has 2 aliphatic heterocycles. The Morgan fingerprint density at radius 2 is 1.89 bits per heavy atom. The minimum atomic E-state index is -3.91. The molecule has 3 aromatic rings. The molecule has 5 atom stereocenters. The highest BCUT2D eigenvalue weighted by Crippen LogP contribution is 2.46. The molecular formula is C36H43FN8O7S. The van der Waals surface area contributed by atoms with E-state index in [-0.39, 0.29) is 36.5 Å². The maximum absolute atomic E-state index is 14.7. The number of benzene rings is 1. The first kappa shape index (κ1) is 36.4. The normalized spacial score (nSPS) is 27.1. The minimum absolute atomic E-state index is 0.00392. The number of aryl methyl sites for hydroxylation is 3. The second-order valence-corrected chi connectivity index (χ2v) is 16.5. The summed E-state index contributed by atoms with van der Waals surface area (Å²) in [5, 5.41) is 9.29. The molecule has 4 heterocycles. The van der Waals surface area contributed by atoms with E-state index in [0.717, 1.165) is 18.5 Å². The van der Waals surface area contributed by atoms with Gasteiger partial charge in [0.1, 0.15) is 40.6 Å². The minimum Gasteiger partial charge on any atom is -0.471 e. The van der Waals surface area contributed by atoms with E-state index in [0.29, 0.717) is 43.3 Å². The standard InChI is InChI=1S/C36H43FN8O7S/c1-20-16-28(42-44(20)3)31(46)39-27-12-8-6-4-5-7-10-22-18-36(22,35(49)43-53(50,51)24-14-15-24)41-32(47)29-17-23(19-45(29)34(27)48)52-33-21(2)38-26-13-9-11-25(37)30(26)40-33/h7,9-11,13,16,22-24,27,29H,4-6,8,12,14-15,17-19H2,1-3H3,(H,39,46)(H,41,47)(H,43,49)/b10-7-. The predicted octanol–water partition coefficient (Wildman–Crippen LogP) is 2.27. The number of halogens is 1. The Bertz CT molecular complexity index is 2100. The van der Waals surface area contributed by atoms with Crippen molar-refractivity contribution < 1.29 is 36.7 Å². The quantitative estimate of drug-likeness (QED) is 0.302. The van der Waals surface area contributed by atoms with Gasteiger partial charge >= 0.3 is 0 Å². The number of hydrogen-bond donors (Lipinski definition) is 3. The van der Waals surface area contributed by atoms with Gasteiger partial charge in [0.15, 0.2) is 5.82 Å². The maximum atomic E-state index is 14.7. The van der Waals surface area contributed by atoms with Gasteiger partial charge in [-0.3, -0.25) is 28.6 Å². The van der Waals surface area contributed by atoms with Crippen LogP contribution in [0.2, 0.25) is 0 Å². The Morgan fingerprint density at radius 1 is 1.09 bits per heavy atom. The van der Waals surface area contributed by atoms with Crippen LogP contribution in [0.5, 0.6) is 5.88 Å². The monoisotopic (exact) mass is 750 g/mol. The summed E-state index contributed by atoms with van der Waals surface area (Å²) >= 11 is 0. The number of amides is 4. The fourth-order valence-corrected chi connectivity index (χ4v) is 8.50. The molecule has 1 aromatic carbocycles. The average Bonchev–Trinajstić information content (AvgIpc) is 4.01. The van der Waals surface area contributed by atoms with Gasteiger partial charge in [-0.1, -0.05) is 31.1 Å². The lowest BCUT2D eigenvalue weighted by Crippen LogP contribution is -2.58. The van der Waals surface area contributed by atoms with Gasteiger partial charge in [0.25, 0.3) is 11.8 Å². The zero-order chi connectivity index (χ0) is 37.7. The van der Waals surface area contributed by atoms with Crippen molar-refractivity contribution >= 4 is 44.7 Å². The van der Waals surface area contributed by atoms with E-state index >= 15 is 0 Å². The molecule has 3 fully saturated rings. The summed E-state index contributed by atoms with van der Waals surface area (Å²) < 4.78 is 50.3. The van der Waals surface area contributed by atoms with E-state index in [1.807, 2.05) is 12.2 Å². The summed E-state index contributed by atoms with van der Waals surface area (Å²) in [6, 6.07) is 3.83. The zero-order valence-corrected chi connectivity index (χ0v) is 30.6. The average molecular weight is 751 g/mol. The van der Waals surface area contributed by atoms with Gasteiger partial charge in [-0.05, 0) is 70.6 Å². The van der Waals surface area contributed by atoms with E-state index in [9.17, 15) is 32.0 Å². The molecule has 3 N–H and O–H groups in total. The van der Waals surface area contributed by atoms with Crippen molar-refractivity contribution in [1.82, 2.24) is 40.0 Å². The molecule has 0 spiro atoms. The van der Waals surface area contributed by atoms with Crippen LogP contribution in [0, 0.1) is 25.6 Å². The Hall–Kier alpha value is -4.93. The van der Waals surface area contributed by atoms with Crippen molar-refractivity contribution in [3.05, 3.63) is 59.3 Å². The fraction of sp³-hybridized carbons (Fsp3) is 0.528. The summed E-state index contributed by atoms with van der Waals surface area (Å²) in [5.41, 5.74) is 0.0727. The first-order chi connectivity index (χ1) is 25.3. The lowest BCUT2D eigenvalue weighted by atomic mass is 10.0. The van der Waals surface area contributed by atoms with Crippen molar-refractivity contribution in [1.29, 1.82) is 0 Å². The molecule has 1 saturated heterocycles. The molecule has 2 saturated carbocycles. The molecule has 0 radical (unpaired) electrons. The van der Waals surface area contributed by atoms with Crippen LogP contribution in [0.15, 0.2) is 36.4 Å². The smallest absolute Gasteiger partial charge is 0.272 e. The van der Waals surface area contributed by atoms with Gasteiger partial charge in [-0.25, -0.2) is 22.8 Å². The molecular weight excluding hydrogens is 708 g/mol. The molecule has 7 rings (SSSR count). The van der Waals surface area contributed by atoms with Gasteiger partial charge in [-0.15, -0.1) is 0 Å². The van der Waals surface area contributed by atoms with Crippen molar-refractivity contribution in [2.24, 2.45) is 13.0 Å². The first-order valence-electron chi connectivity index (χ1n) is 18.0. The number of aromatic nitrogens is 4. The maximum Gasteiger partial charge on any atom is 0.272 e. The molecule has 0 bridgehead atoms. The second kappa shape index (κ2) is 14.1. The van der Waals surface area contributed by atoms with Gasteiger partial charge in [0.05, 0.1) is 17.3 Å². The number of nitrogens with one attached hydrogen (secondary N) is 3. The molecule has 2 aromatic heterocycles. The summed E-state index contributed by atoms with van der Waals surface area (Å²) in [6.07, 6.45) is 7.09. The molecule has 53 heavy (non-hydrogen) atoms. The van der Waals surface area contributed by atoms with Gasteiger partial charge in [-0.2, -0.15) is 5.10 Å². The van der Waals surface area contributed by atoms with E-state index in [1.54, 1.807) is 37.7 Å². The third-order valence-electron chi connectivity index (χ3n) is 10.5. The molecule has 5 unspecified atom stereocenters. The molecule has 2 aliphatic carbocycles. The van der Waals surface area contributed by atoms with Crippen LogP contribution in [0.25, 0.3) is 11.0 Å². The molecule has 282 valence electrons. The molecule has 15 nitrogen and oxygen atoms in total. The second-order valence-electron chi connectivity index (χ2n) is 14.5. The number of nitrogens with zero attached hydrogens (tertiary/aromatic N) is 5. The highest BCUT2D eigenvalue weighted by molar-refractivity contribution is 7.91. The number of ether oxygens (including phenoxy) is 1. The van der Waals surface area contributed by atoms with E-state index in [4.69, 9.17) is 4.74 Å². The van der Waals surface area contributed by atoms with E-state index in [2.05, 4.69) is 30.4 Å². The number of carbonyl (C=O) groups excluding carboxylic acids is 4. The Balaban J connectivity index is 1.20. The van der Waals surface area contributed by atoms with Crippen LogP contribution in [-0.4, -0.2) is 92.2 Å². The van der Waals surface area contributed by atoms with E-state index in [1.165, 1.54) is 17.0 Å². The topological polar surface area (TPSA) is 195 Å². The highest BCUT2D eigenvalue weighted by Gasteiger charge is 2.62. The first-order valence-corrected chi connectivity index (χ1v) is 19.6. The van der Waals surface area contributed by atoms with Crippen LogP contribution >= 0.6 is 0 Å². The van der Waals surface area contributed by atoms with Crippen LogP contribution in [0.1, 0.15) is 79.7 Å². The summed E-state index contributed by atoms with van der Waals surface area (Å²) in [5.74, 6) is -3.57. The SMILES string of the molecule is Cc1nc2cccc(F)c2nc1OC1CC2C(=O)NC3(C(=O)NS(=O)(=O)C4CC4)CC3/C=C\CCCCCC(NC(=O)c3cc(C)n(C)n3)C(=O)N2C1. The largest absolute Gasteiger partial charge is 0.471 e. The van der Waals surface area contributed by atoms with Crippen LogP contribution in [-0.2, 0) is 31.5 Å². The van der Waals surface area contributed by atoms with Crippen molar-refractivity contribution in [2.75, 3.05) is 6.54 Å². The third kappa shape index (κ3) is 7.48. The zero-order valence-electron chi connectivity index (χ0n) is 29.8. The van der Waals surface area contributed by atoms with Gasteiger partial charge < -0.3 is 20.3 Å². The molecule has 4 aliphatic rings. The number of fused-ring (bicyclic) bond motifs is 3. The van der Waals surface area contributed by atoms with Gasteiger partial charge in [0.2, 0.25) is 27.7 Å². The van der Waals surface area contributed by atoms with Crippen molar-refractivity contribution in [3.8, 4) is 5.88 Å². The number of rotatable bonds is 7. The predicted molar refractivity (Wildman–Crippen MR) is 189 cm³/mol. The van der Waals surface area contributed by atoms with Gasteiger partial charge in [0, 0.05) is 25.1 Å². The lowest BCUT2D eigenvalue weighted by molar-refractivity contribution is -0.141. The Labute approximate surface area is 306 Å². The highest BCUT2D eigenvalue weighted by atomic mass is 32.2.